The van der Waals surface area contributed by atoms with Crippen LogP contribution in [0.3, 0.4) is 0 Å². The van der Waals surface area contributed by atoms with E-state index in [4.69, 9.17) is 4.42 Å². The van der Waals surface area contributed by atoms with E-state index in [0.29, 0.717) is 0 Å². The van der Waals surface area contributed by atoms with Gasteiger partial charge in [-0.2, -0.15) is 0 Å². The molecule has 1 aromatic heterocycles. The van der Waals surface area contributed by atoms with Gasteiger partial charge in [0.2, 0.25) is 0 Å². The Labute approximate surface area is 126 Å². The van der Waals surface area contributed by atoms with Crippen molar-refractivity contribution in [3.8, 4) is 0 Å². The molecule has 3 rings (SSSR count). The summed E-state index contributed by atoms with van der Waals surface area (Å²) in [5.41, 5.74) is 2.40. The van der Waals surface area contributed by atoms with Crippen LogP contribution in [0.4, 0.5) is 0 Å². The first kappa shape index (κ1) is 13.4. The highest BCUT2D eigenvalue weighted by Gasteiger charge is 2.19. The van der Waals surface area contributed by atoms with Gasteiger partial charge in [-0.05, 0) is 44.9 Å². The maximum absolute atomic E-state index is 5.40. The Balaban J connectivity index is 2.17. The Kier molecular flexibility index (Phi) is 3.90. The highest BCUT2D eigenvalue weighted by Crippen LogP contribution is 2.33. The average molecular weight is 330 g/mol. The fourth-order valence-electron chi connectivity index (χ4n) is 2.60. The molecule has 1 atom stereocenters. The zero-order valence-electron chi connectivity index (χ0n) is 11.3. The van der Waals surface area contributed by atoms with Crippen molar-refractivity contribution in [2.75, 3.05) is 6.54 Å². The number of rotatable bonds is 4. The molecule has 0 aliphatic carbocycles. The number of halogens is 1. The van der Waals surface area contributed by atoms with E-state index in [1.165, 1.54) is 16.3 Å². The first-order chi connectivity index (χ1) is 9.81. The van der Waals surface area contributed by atoms with Crippen LogP contribution in [0.15, 0.2) is 63.9 Å². The quantitative estimate of drug-likeness (QED) is 0.736. The molecule has 0 aliphatic heterocycles. The topological polar surface area (TPSA) is 25.2 Å². The normalized spacial score (nSPS) is 12.7. The van der Waals surface area contributed by atoms with Crippen molar-refractivity contribution in [2.45, 2.75) is 13.0 Å². The molecule has 1 N–H and O–H groups in total. The summed E-state index contributed by atoms with van der Waals surface area (Å²) in [6.07, 6.45) is 1.72. The van der Waals surface area contributed by atoms with Gasteiger partial charge in [-0.3, -0.25) is 0 Å². The van der Waals surface area contributed by atoms with Gasteiger partial charge in [0.25, 0.3) is 0 Å². The standard InChI is InChI=1S/C17H16BrNO/c1-2-19-16(15-10-11-20-17(15)18)14-9-5-7-12-6-3-4-8-13(12)14/h3-11,16,19H,2H2,1H3. The van der Waals surface area contributed by atoms with Crippen LogP contribution in [0.25, 0.3) is 10.8 Å². The molecule has 1 heterocycles. The number of hydrogen-bond donors (Lipinski definition) is 1. The van der Waals surface area contributed by atoms with Gasteiger partial charge >= 0.3 is 0 Å². The van der Waals surface area contributed by atoms with Crippen molar-refractivity contribution in [3.05, 3.63) is 70.6 Å². The summed E-state index contributed by atoms with van der Waals surface area (Å²) < 4.78 is 6.19. The highest BCUT2D eigenvalue weighted by atomic mass is 79.9. The van der Waals surface area contributed by atoms with E-state index >= 15 is 0 Å². The lowest BCUT2D eigenvalue weighted by atomic mass is 9.95. The second-order valence-corrected chi connectivity index (χ2v) is 5.43. The number of benzene rings is 2. The zero-order chi connectivity index (χ0) is 13.9. The predicted molar refractivity (Wildman–Crippen MR) is 85.9 cm³/mol. The van der Waals surface area contributed by atoms with Gasteiger partial charge in [0, 0.05) is 5.56 Å². The van der Waals surface area contributed by atoms with Crippen LogP contribution in [-0.2, 0) is 0 Å². The minimum atomic E-state index is 0.124. The van der Waals surface area contributed by atoms with E-state index in [2.05, 4.69) is 70.6 Å². The van der Waals surface area contributed by atoms with Crippen LogP contribution in [0.5, 0.6) is 0 Å². The molecule has 0 amide bonds. The molecular weight excluding hydrogens is 314 g/mol. The van der Waals surface area contributed by atoms with E-state index in [-0.39, 0.29) is 6.04 Å². The molecule has 0 saturated heterocycles. The van der Waals surface area contributed by atoms with Crippen LogP contribution in [0, 0.1) is 0 Å². The lowest BCUT2D eigenvalue weighted by Gasteiger charge is -2.19. The van der Waals surface area contributed by atoms with Crippen LogP contribution >= 0.6 is 15.9 Å². The van der Waals surface area contributed by atoms with Gasteiger partial charge in [0.1, 0.15) is 0 Å². The fraction of sp³-hybridized carbons (Fsp3) is 0.176. The molecule has 0 saturated carbocycles. The largest absolute Gasteiger partial charge is 0.457 e. The van der Waals surface area contributed by atoms with Crippen molar-refractivity contribution >= 4 is 26.7 Å². The Hall–Kier alpha value is -1.58. The molecule has 102 valence electrons. The van der Waals surface area contributed by atoms with Crippen LogP contribution in [0.2, 0.25) is 0 Å². The molecule has 0 fully saturated rings. The molecule has 2 nitrogen and oxygen atoms in total. The SMILES string of the molecule is CCNC(c1ccoc1Br)c1cccc2ccccc12. The second-order valence-electron chi connectivity index (χ2n) is 4.71. The Morgan fingerprint density at radius 1 is 1.05 bits per heavy atom. The second kappa shape index (κ2) is 5.81. The molecule has 0 aliphatic rings. The van der Waals surface area contributed by atoms with E-state index < -0.39 is 0 Å². The minimum absolute atomic E-state index is 0.124. The maximum Gasteiger partial charge on any atom is 0.174 e. The maximum atomic E-state index is 5.40. The molecule has 2 aromatic carbocycles. The van der Waals surface area contributed by atoms with Gasteiger partial charge in [-0.25, -0.2) is 0 Å². The molecule has 1 unspecified atom stereocenters. The smallest absolute Gasteiger partial charge is 0.174 e. The number of furan rings is 1. The van der Waals surface area contributed by atoms with Crippen LogP contribution in [0.1, 0.15) is 24.1 Å². The van der Waals surface area contributed by atoms with Gasteiger partial charge in [-0.1, -0.05) is 49.4 Å². The molecule has 0 radical (unpaired) electrons. The van der Waals surface area contributed by atoms with Gasteiger partial charge in [-0.15, -0.1) is 0 Å². The summed E-state index contributed by atoms with van der Waals surface area (Å²) in [5.74, 6) is 0. The summed E-state index contributed by atoms with van der Waals surface area (Å²) in [4.78, 5) is 0. The third-order valence-electron chi connectivity index (χ3n) is 3.50. The first-order valence-corrected chi connectivity index (χ1v) is 7.54. The summed E-state index contributed by atoms with van der Waals surface area (Å²) in [6, 6.07) is 17.0. The van der Waals surface area contributed by atoms with Gasteiger partial charge < -0.3 is 9.73 Å². The molecule has 0 spiro atoms. The van der Waals surface area contributed by atoms with Crippen molar-refractivity contribution in [1.82, 2.24) is 5.32 Å². The molecule has 3 heteroatoms. The minimum Gasteiger partial charge on any atom is -0.457 e. The predicted octanol–water partition coefficient (Wildman–Crippen LogP) is 4.89. The summed E-state index contributed by atoms with van der Waals surface area (Å²) in [6.45, 7) is 3.01. The monoisotopic (exact) mass is 329 g/mol. The molecule has 0 bridgehead atoms. The molecule has 20 heavy (non-hydrogen) atoms. The third kappa shape index (κ3) is 2.39. The van der Waals surface area contributed by atoms with E-state index in [1.807, 2.05) is 6.07 Å². The summed E-state index contributed by atoms with van der Waals surface area (Å²) in [5, 5.41) is 6.07. The number of fused-ring (bicyclic) bond motifs is 1. The van der Waals surface area contributed by atoms with Crippen LogP contribution < -0.4 is 5.32 Å². The Bertz CT molecular complexity index is 714. The average Bonchev–Trinajstić information content (AvgIpc) is 2.90. The van der Waals surface area contributed by atoms with E-state index in [0.717, 1.165) is 16.8 Å². The Morgan fingerprint density at radius 3 is 2.60 bits per heavy atom. The number of nitrogens with one attached hydrogen (secondary N) is 1. The zero-order valence-corrected chi connectivity index (χ0v) is 12.9. The number of hydrogen-bond acceptors (Lipinski definition) is 2. The fourth-order valence-corrected chi connectivity index (χ4v) is 3.07. The Morgan fingerprint density at radius 2 is 1.85 bits per heavy atom. The highest BCUT2D eigenvalue weighted by molar-refractivity contribution is 9.10. The van der Waals surface area contributed by atoms with E-state index in [9.17, 15) is 0 Å². The molecule has 3 aromatic rings. The lowest BCUT2D eigenvalue weighted by Crippen LogP contribution is -2.22. The van der Waals surface area contributed by atoms with Gasteiger partial charge in [0.15, 0.2) is 4.67 Å². The van der Waals surface area contributed by atoms with Crippen molar-refractivity contribution in [3.63, 3.8) is 0 Å². The van der Waals surface area contributed by atoms with Crippen LogP contribution in [-0.4, -0.2) is 6.54 Å². The lowest BCUT2D eigenvalue weighted by molar-refractivity contribution is 0.527. The summed E-state index contributed by atoms with van der Waals surface area (Å²) >= 11 is 3.49. The first-order valence-electron chi connectivity index (χ1n) is 6.75. The molecular formula is C17H16BrNO. The van der Waals surface area contributed by atoms with Crippen molar-refractivity contribution in [1.29, 1.82) is 0 Å². The third-order valence-corrected chi connectivity index (χ3v) is 4.14. The van der Waals surface area contributed by atoms with E-state index in [1.54, 1.807) is 6.26 Å². The van der Waals surface area contributed by atoms with Crippen molar-refractivity contribution < 1.29 is 4.42 Å². The van der Waals surface area contributed by atoms with Crippen molar-refractivity contribution in [2.24, 2.45) is 0 Å². The summed E-state index contributed by atoms with van der Waals surface area (Å²) in [7, 11) is 0. The van der Waals surface area contributed by atoms with Gasteiger partial charge in [0.05, 0.1) is 12.3 Å².